The number of aromatic nitrogens is 3. The Morgan fingerprint density at radius 2 is 1.88 bits per heavy atom. The van der Waals surface area contributed by atoms with Gasteiger partial charge in [0.05, 0.1) is 0 Å². The summed E-state index contributed by atoms with van der Waals surface area (Å²) in [6, 6.07) is 0. The fraction of sp³-hybridized carbons (Fsp3) is 0.714. The van der Waals surface area contributed by atoms with Crippen LogP contribution in [0.15, 0.2) is 5.16 Å². The predicted molar refractivity (Wildman–Crippen MR) is 48.2 cm³/mol. The van der Waals surface area contributed by atoms with Crippen LogP contribution < -0.4 is 0 Å². The molecule has 0 saturated carbocycles. The minimum Gasteiger partial charge on any atom is -0.295 e. The van der Waals surface area contributed by atoms with Crippen LogP contribution in [0.5, 0.6) is 0 Å². The minimum atomic E-state index is -5.14. The molecule has 0 unspecified atom stereocenters. The zero-order valence-electron chi connectivity index (χ0n) is 8.61. The molecule has 0 aliphatic rings. The molecule has 0 N–H and O–H groups in total. The first-order valence-corrected chi connectivity index (χ1v) is 5.88. The molecule has 0 aromatic carbocycles. The van der Waals surface area contributed by atoms with E-state index in [0.717, 1.165) is 0 Å². The molecule has 9 heteroatoms. The molecule has 1 heterocycles. The van der Waals surface area contributed by atoms with E-state index in [4.69, 9.17) is 0 Å². The highest BCUT2D eigenvalue weighted by Crippen LogP contribution is 2.31. The van der Waals surface area contributed by atoms with Gasteiger partial charge in [-0.3, -0.25) is 4.57 Å². The number of rotatable bonds is 4. The van der Waals surface area contributed by atoms with Gasteiger partial charge in [-0.1, -0.05) is 10.8 Å². The molecule has 0 atom stereocenters. The van der Waals surface area contributed by atoms with Gasteiger partial charge in [0, 0.05) is 13.0 Å². The number of nitrogens with zero attached hydrogens (tertiary/aromatic N) is 3. The summed E-state index contributed by atoms with van der Waals surface area (Å²) in [5.74, 6) is -4.17. The number of halogens is 3. The van der Waals surface area contributed by atoms with Crippen molar-refractivity contribution < 1.29 is 21.1 Å². The smallest absolute Gasteiger partial charge is 0.295 e. The number of alkyl halides is 2. The number of hydrogen-bond donors (Lipinski definition) is 0. The van der Waals surface area contributed by atoms with Crippen LogP contribution in [0.3, 0.4) is 0 Å². The Hall–Kier alpha value is -1.12. The van der Waals surface area contributed by atoms with Crippen molar-refractivity contribution in [2.24, 2.45) is 0 Å². The van der Waals surface area contributed by atoms with Crippen LogP contribution in [0.4, 0.5) is 12.7 Å². The summed E-state index contributed by atoms with van der Waals surface area (Å²) in [5, 5.41) is 4.90. The van der Waals surface area contributed by atoms with Gasteiger partial charge in [0.15, 0.2) is 0 Å². The van der Waals surface area contributed by atoms with Crippen molar-refractivity contribution in [3.8, 4) is 0 Å². The van der Waals surface area contributed by atoms with Gasteiger partial charge in [-0.25, -0.2) is 0 Å². The molecule has 0 saturated heterocycles. The minimum absolute atomic E-state index is 0.156. The third-order valence-electron chi connectivity index (χ3n) is 2.02. The van der Waals surface area contributed by atoms with Crippen LogP contribution in [0.1, 0.15) is 26.1 Å². The molecule has 1 rings (SSSR count). The van der Waals surface area contributed by atoms with E-state index in [9.17, 15) is 21.1 Å². The van der Waals surface area contributed by atoms with Crippen LogP contribution in [0.25, 0.3) is 0 Å². The molecule has 0 amide bonds. The molecule has 0 bridgehead atoms. The molecule has 0 aliphatic carbocycles. The van der Waals surface area contributed by atoms with Gasteiger partial charge in [0.1, 0.15) is 0 Å². The van der Waals surface area contributed by atoms with Gasteiger partial charge in [0.2, 0.25) is 5.82 Å². The lowest BCUT2D eigenvalue weighted by atomic mass is 10.2. The summed E-state index contributed by atoms with van der Waals surface area (Å²) in [6.45, 7) is 2.45. The fourth-order valence-corrected chi connectivity index (χ4v) is 1.80. The van der Waals surface area contributed by atoms with Gasteiger partial charge in [0.25, 0.3) is 5.16 Å². The van der Waals surface area contributed by atoms with Crippen molar-refractivity contribution in [3.05, 3.63) is 5.82 Å². The molecule has 92 valence electrons. The first-order chi connectivity index (χ1) is 7.24. The Morgan fingerprint density at radius 3 is 2.25 bits per heavy atom. The van der Waals surface area contributed by atoms with Crippen molar-refractivity contribution in [2.75, 3.05) is 0 Å². The third kappa shape index (κ3) is 2.18. The lowest BCUT2D eigenvalue weighted by molar-refractivity contribution is -0.0216. The molecule has 16 heavy (non-hydrogen) atoms. The van der Waals surface area contributed by atoms with E-state index in [1.54, 1.807) is 0 Å². The molecule has 0 fully saturated rings. The van der Waals surface area contributed by atoms with Crippen LogP contribution in [0.2, 0.25) is 0 Å². The standard InChI is InChI=1S/C7H10F3N3O2S/c1-3-7(8,9)5-11-12-6(13(5)4-2)16(10,14)15/h3-4H2,1-2H3. The monoisotopic (exact) mass is 257 g/mol. The summed E-state index contributed by atoms with van der Waals surface area (Å²) < 4.78 is 61.0. The predicted octanol–water partition coefficient (Wildman–Crippen LogP) is 1.46. The third-order valence-corrected chi connectivity index (χ3v) is 2.76. The Morgan fingerprint density at radius 1 is 1.31 bits per heavy atom. The SMILES string of the molecule is CCn1c(C(F)(F)CC)nnc1S(=O)(=O)F. The first-order valence-electron chi connectivity index (χ1n) is 4.50. The van der Waals surface area contributed by atoms with Crippen molar-refractivity contribution in [1.29, 1.82) is 0 Å². The molecule has 0 radical (unpaired) electrons. The lowest BCUT2D eigenvalue weighted by Crippen LogP contribution is -2.20. The average Bonchev–Trinajstić information content (AvgIpc) is 2.60. The van der Waals surface area contributed by atoms with Crippen molar-refractivity contribution in [3.63, 3.8) is 0 Å². The normalized spacial score (nSPS) is 13.1. The molecule has 0 spiro atoms. The highest BCUT2D eigenvalue weighted by Gasteiger charge is 2.38. The van der Waals surface area contributed by atoms with Gasteiger partial charge >= 0.3 is 16.1 Å². The van der Waals surface area contributed by atoms with Crippen molar-refractivity contribution >= 4 is 10.2 Å². The van der Waals surface area contributed by atoms with Crippen LogP contribution >= 0.6 is 0 Å². The topological polar surface area (TPSA) is 64.8 Å². The van der Waals surface area contributed by atoms with Crippen molar-refractivity contribution in [1.82, 2.24) is 14.8 Å². The second-order valence-corrected chi connectivity index (χ2v) is 4.29. The molecular formula is C7H10F3N3O2S. The largest absolute Gasteiger partial charge is 0.368 e. The van der Waals surface area contributed by atoms with Gasteiger partial charge in [-0.2, -0.15) is 17.2 Å². The second kappa shape index (κ2) is 4.04. The molecule has 1 aromatic heterocycles. The van der Waals surface area contributed by atoms with Gasteiger partial charge in [-0.15, -0.1) is 10.2 Å². The summed E-state index contributed by atoms with van der Waals surface area (Å²) in [5.41, 5.74) is 0. The number of hydrogen-bond acceptors (Lipinski definition) is 4. The van der Waals surface area contributed by atoms with Crippen molar-refractivity contribution in [2.45, 2.75) is 37.9 Å². The maximum Gasteiger partial charge on any atom is 0.368 e. The van der Waals surface area contributed by atoms with E-state index < -0.39 is 33.5 Å². The van der Waals surface area contributed by atoms with Crippen LogP contribution in [-0.2, 0) is 22.7 Å². The summed E-state index contributed by atoms with van der Waals surface area (Å²) in [6.07, 6.45) is -0.572. The quantitative estimate of drug-likeness (QED) is 0.766. The van der Waals surface area contributed by atoms with E-state index in [1.807, 2.05) is 0 Å². The second-order valence-electron chi connectivity index (χ2n) is 3.05. The lowest BCUT2D eigenvalue weighted by Gasteiger charge is -2.13. The van der Waals surface area contributed by atoms with E-state index in [0.29, 0.717) is 4.57 Å². The summed E-state index contributed by atoms with van der Waals surface area (Å²) in [7, 11) is -5.14. The maximum atomic E-state index is 13.3. The van der Waals surface area contributed by atoms with Crippen LogP contribution in [-0.4, -0.2) is 23.2 Å². The van der Waals surface area contributed by atoms with E-state index in [-0.39, 0.29) is 6.54 Å². The van der Waals surface area contributed by atoms with E-state index in [2.05, 4.69) is 10.2 Å². The van der Waals surface area contributed by atoms with Gasteiger partial charge in [-0.05, 0) is 6.92 Å². The fourth-order valence-electron chi connectivity index (χ4n) is 1.18. The van der Waals surface area contributed by atoms with E-state index >= 15 is 0 Å². The molecule has 5 nitrogen and oxygen atoms in total. The molecular weight excluding hydrogens is 247 g/mol. The van der Waals surface area contributed by atoms with Crippen LogP contribution in [0, 0.1) is 0 Å². The average molecular weight is 257 g/mol. The zero-order valence-corrected chi connectivity index (χ0v) is 9.43. The Bertz CT molecular complexity index is 483. The Balaban J connectivity index is 3.42. The van der Waals surface area contributed by atoms with Gasteiger partial charge < -0.3 is 0 Å². The highest BCUT2D eigenvalue weighted by atomic mass is 32.3. The molecule has 1 aromatic rings. The summed E-state index contributed by atoms with van der Waals surface area (Å²) >= 11 is 0. The Kier molecular flexibility index (Phi) is 3.27. The van der Waals surface area contributed by atoms with E-state index in [1.165, 1.54) is 13.8 Å². The summed E-state index contributed by atoms with van der Waals surface area (Å²) in [4.78, 5) is 0. The maximum absolute atomic E-state index is 13.3. The zero-order chi connectivity index (χ0) is 12.6. The highest BCUT2D eigenvalue weighted by molar-refractivity contribution is 7.86. The molecule has 0 aliphatic heterocycles. The Labute approximate surface area is 90.5 Å². The first kappa shape index (κ1) is 12.9.